The lowest BCUT2D eigenvalue weighted by Crippen LogP contribution is -2.46. The summed E-state index contributed by atoms with van der Waals surface area (Å²) in [5.74, 6) is 0.304. The number of hydrogen-bond acceptors (Lipinski definition) is 2. The smallest absolute Gasteiger partial charge is 0.231 e. The van der Waals surface area contributed by atoms with Crippen molar-refractivity contribution in [3.05, 3.63) is 63.6 Å². The minimum atomic E-state index is 0.0402. The van der Waals surface area contributed by atoms with Crippen LogP contribution in [0.4, 0.5) is 5.69 Å². The van der Waals surface area contributed by atoms with Gasteiger partial charge in [0.05, 0.1) is 5.92 Å². The van der Waals surface area contributed by atoms with Gasteiger partial charge in [-0.2, -0.15) is 0 Å². The second-order valence-electron chi connectivity index (χ2n) is 7.70. The van der Waals surface area contributed by atoms with Gasteiger partial charge < -0.3 is 4.90 Å². The number of nitrogens with zero attached hydrogens (tertiary/aromatic N) is 2. The van der Waals surface area contributed by atoms with E-state index in [0.29, 0.717) is 10.0 Å². The van der Waals surface area contributed by atoms with Crippen molar-refractivity contribution in [2.75, 3.05) is 18.0 Å². The topological polar surface area (TPSA) is 23.6 Å². The first-order valence-electron chi connectivity index (χ1n) is 9.60. The van der Waals surface area contributed by atoms with E-state index in [9.17, 15) is 4.79 Å². The third kappa shape index (κ3) is 3.87. The molecule has 0 spiro atoms. The molecule has 142 valence electrons. The minimum Gasteiger partial charge on any atom is -0.309 e. The summed E-state index contributed by atoms with van der Waals surface area (Å²) in [6.45, 7) is 4.68. The molecule has 2 atom stereocenters. The number of carbonyl (C=O) groups is 1. The van der Waals surface area contributed by atoms with Crippen LogP contribution < -0.4 is 4.90 Å². The van der Waals surface area contributed by atoms with Crippen molar-refractivity contribution in [2.24, 2.45) is 5.92 Å². The van der Waals surface area contributed by atoms with Crippen molar-refractivity contribution in [3.63, 3.8) is 0 Å². The Labute approximate surface area is 170 Å². The number of para-hydroxylation sites is 1. The molecule has 5 heteroatoms. The predicted octanol–water partition coefficient (Wildman–Crippen LogP) is 5.18. The molecule has 2 aliphatic rings. The van der Waals surface area contributed by atoms with Gasteiger partial charge in [-0.1, -0.05) is 47.5 Å². The Kier molecular flexibility index (Phi) is 5.45. The van der Waals surface area contributed by atoms with E-state index >= 15 is 0 Å². The van der Waals surface area contributed by atoms with Gasteiger partial charge in [0.1, 0.15) is 0 Å². The number of rotatable bonds is 3. The summed E-state index contributed by atoms with van der Waals surface area (Å²) < 4.78 is 0. The summed E-state index contributed by atoms with van der Waals surface area (Å²) in [6, 6.07) is 14.2. The van der Waals surface area contributed by atoms with Gasteiger partial charge in [0.15, 0.2) is 0 Å². The van der Waals surface area contributed by atoms with Gasteiger partial charge in [-0.25, -0.2) is 0 Å². The number of benzene rings is 2. The second kappa shape index (κ2) is 7.83. The molecule has 2 aromatic carbocycles. The lowest BCUT2D eigenvalue weighted by atomic mass is 9.95. The van der Waals surface area contributed by atoms with Gasteiger partial charge in [-0.15, -0.1) is 0 Å². The predicted molar refractivity (Wildman–Crippen MR) is 112 cm³/mol. The van der Waals surface area contributed by atoms with Crippen LogP contribution in [0.25, 0.3) is 0 Å². The van der Waals surface area contributed by atoms with Crippen molar-refractivity contribution >= 4 is 34.8 Å². The van der Waals surface area contributed by atoms with E-state index in [2.05, 4.69) is 30.0 Å². The zero-order valence-corrected chi connectivity index (χ0v) is 17.0. The Balaban J connectivity index is 1.47. The van der Waals surface area contributed by atoms with Crippen molar-refractivity contribution < 1.29 is 4.79 Å². The number of carbonyl (C=O) groups excluding carboxylic acids is 1. The first-order valence-corrected chi connectivity index (χ1v) is 10.4. The summed E-state index contributed by atoms with van der Waals surface area (Å²) in [6.07, 6.45) is 2.93. The van der Waals surface area contributed by atoms with Crippen LogP contribution >= 0.6 is 23.2 Å². The highest BCUT2D eigenvalue weighted by Crippen LogP contribution is 2.34. The van der Waals surface area contributed by atoms with E-state index in [-0.39, 0.29) is 17.9 Å². The molecule has 3 nitrogen and oxygen atoms in total. The Morgan fingerprint density at radius 3 is 2.81 bits per heavy atom. The monoisotopic (exact) mass is 402 g/mol. The van der Waals surface area contributed by atoms with Crippen LogP contribution in [0, 0.1) is 5.92 Å². The van der Waals surface area contributed by atoms with Gasteiger partial charge >= 0.3 is 0 Å². The summed E-state index contributed by atoms with van der Waals surface area (Å²) in [4.78, 5) is 17.7. The standard InChI is InChI=1S/C22H24Cl2N2O/c1-15-11-16-5-2-3-7-21(16)26(15)22(27)18-6-4-10-25(14-18)13-17-8-9-19(23)12-20(17)24/h2-3,5,7-9,12,15,18H,4,6,10-11,13-14H2,1H3. The molecule has 0 radical (unpaired) electrons. The number of amides is 1. The molecule has 0 aromatic heterocycles. The van der Waals surface area contributed by atoms with Crippen LogP contribution in [0.15, 0.2) is 42.5 Å². The summed E-state index contributed by atoms with van der Waals surface area (Å²) in [5, 5.41) is 1.34. The fourth-order valence-electron chi connectivity index (χ4n) is 4.39. The highest BCUT2D eigenvalue weighted by atomic mass is 35.5. The molecule has 2 aliphatic heterocycles. The summed E-state index contributed by atoms with van der Waals surface area (Å²) in [7, 11) is 0. The Morgan fingerprint density at radius 1 is 1.19 bits per heavy atom. The van der Waals surface area contributed by atoms with E-state index < -0.39 is 0 Å². The van der Waals surface area contributed by atoms with Crippen LogP contribution in [0.1, 0.15) is 30.9 Å². The van der Waals surface area contributed by atoms with Gasteiger partial charge in [0.2, 0.25) is 5.91 Å². The maximum absolute atomic E-state index is 13.3. The molecule has 1 saturated heterocycles. The first kappa shape index (κ1) is 18.8. The quantitative estimate of drug-likeness (QED) is 0.705. The molecule has 0 saturated carbocycles. The van der Waals surface area contributed by atoms with Crippen LogP contribution in [0.5, 0.6) is 0 Å². The molecule has 0 N–H and O–H groups in total. The highest BCUT2D eigenvalue weighted by molar-refractivity contribution is 6.35. The molecule has 4 rings (SSSR count). The minimum absolute atomic E-state index is 0.0402. The van der Waals surface area contributed by atoms with Crippen molar-refractivity contribution in [2.45, 2.75) is 38.8 Å². The molecule has 0 bridgehead atoms. The van der Waals surface area contributed by atoms with Gasteiger partial charge in [0.25, 0.3) is 0 Å². The average molecular weight is 403 g/mol. The SMILES string of the molecule is CC1Cc2ccccc2N1C(=O)C1CCCN(Cc2ccc(Cl)cc2Cl)C1. The van der Waals surface area contributed by atoms with E-state index in [1.165, 1.54) is 5.56 Å². The maximum atomic E-state index is 13.3. The van der Waals surface area contributed by atoms with Crippen molar-refractivity contribution in [3.8, 4) is 0 Å². The number of fused-ring (bicyclic) bond motifs is 1. The van der Waals surface area contributed by atoms with E-state index in [1.807, 2.05) is 23.1 Å². The average Bonchev–Trinajstić information content (AvgIpc) is 2.99. The molecule has 27 heavy (non-hydrogen) atoms. The summed E-state index contributed by atoms with van der Waals surface area (Å²) >= 11 is 12.3. The molecule has 1 fully saturated rings. The molecule has 1 amide bonds. The Morgan fingerprint density at radius 2 is 2.00 bits per heavy atom. The van der Waals surface area contributed by atoms with Crippen LogP contribution in [-0.4, -0.2) is 29.9 Å². The lowest BCUT2D eigenvalue weighted by molar-refractivity contribution is -0.124. The zero-order valence-electron chi connectivity index (χ0n) is 15.5. The van der Waals surface area contributed by atoms with E-state index in [0.717, 1.165) is 50.1 Å². The van der Waals surface area contributed by atoms with E-state index in [1.54, 1.807) is 6.07 Å². The Hall–Kier alpha value is -1.55. The normalized spacial score (nSPS) is 22.7. The maximum Gasteiger partial charge on any atom is 0.231 e. The fraction of sp³-hybridized carbons (Fsp3) is 0.409. The van der Waals surface area contributed by atoms with Gasteiger partial charge in [0, 0.05) is 34.9 Å². The number of likely N-dealkylation sites (tertiary alicyclic amines) is 1. The number of halogens is 2. The van der Waals surface area contributed by atoms with Crippen LogP contribution in [0.3, 0.4) is 0 Å². The summed E-state index contributed by atoms with van der Waals surface area (Å²) in [5.41, 5.74) is 3.43. The molecule has 2 aromatic rings. The third-order valence-electron chi connectivity index (χ3n) is 5.71. The van der Waals surface area contributed by atoms with Crippen LogP contribution in [0.2, 0.25) is 10.0 Å². The largest absolute Gasteiger partial charge is 0.309 e. The number of piperidine rings is 1. The molecule has 2 heterocycles. The second-order valence-corrected chi connectivity index (χ2v) is 8.54. The zero-order chi connectivity index (χ0) is 19.0. The van der Waals surface area contributed by atoms with Crippen molar-refractivity contribution in [1.29, 1.82) is 0 Å². The van der Waals surface area contributed by atoms with Gasteiger partial charge in [-0.3, -0.25) is 9.69 Å². The molecule has 0 aliphatic carbocycles. The number of anilines is 1. The third-order valence-corrected chi connectivity index (χ3v) is 6.30. The first-order chi connectivity index (χ1) is 13.0. The highest BCUT2D eigenvalue weighted by Gasteiger charge is 2.36. The van der Waals surface area contributed by atoms with Crippen molar-refractivity contribution in [1.82, 2.24) is 4.90 Å². The lowest BCUT2D eigenvalue weighted by Gasteiger charge is -2.35. The molecular formula is C22H24Cl2N2O. The van der Waals surface area contributed by atoms with Gasteiger partial charge in [-0.05, 0) is 62.1 Å². The van der Waals surface area contributed by atoms with E-state index in [4.69, 9.17) is 23.2 Å². The number of hydrogen-bond donors (Lipinski definition) is 0. The fourth-order valence-corrected chi connectivity index (χ4v) is 4.86. The van der Waals surface area contributed by atoms with Crippen LogP contribution in [-0.2, 0) is 17.8 Å². The Bertz CT molecular complexity index is 854. The molecule has 2 unspecified atom stereocenters. The molecular weight excluding hydrogens is 379 g/mol.